The fraction of sp³-hybridized carbons (Fsp3) is 0.444. The molecule has 138 valence electrons. The molecule has 0 aliphatic heterocycles. The Morgan fingerprint density at radius 1 is 1.24 bits per heavy atom. The molecule has 0 saturated heterocycles. The highest BCUT2D eigenvalue weighted by Crippen LogP contribution is 2.30. The standard InChI is InChI=1S/C18H25N3O3.ClH/c1-13-15(9-10-20-21(13)23)16-7-5-6-8-17(16)24-12-14(22)11-19-18(2,3)4;/h5-10,14,19,22H,11-12H2,1-4H3;1H. The maximum Gasteiger partial charge on any atom is 0.226 e. The van der Waals surface area contributed by atoms with E-state index in [-0.39, 0.29) is 24.6 Å². The molecule has 6 nitrogen and oxygen atoms in total. The molecule has 7 heteroatoms. The largest absolute Gasteiger partial charge is 0.594 e. The summed E-state index contributed by atoms with van der Waals surface area (Å²) >= 11 is 0. The summed E-state index contributed by atoms with van der Waals surface area (Å²) in [6, 6.07) is 9.24. The van der Waals surface area contributed by atoms with E-state index in [1.54, 1.807) is 13.0 Å². The molecular formula is C18H26ClN3O3. The third kappa shape index (κ3) is 6.16. The fourth-order valence-electron chi connectivity index (χ4n) is 2.25. The Labute approximate surface area is 154 Å². The summed E-state index contributed by atoms with van der Waals surface area (Å²) < 4.78 is 5.79. The lowest BCUT2D eigenvalue weighted by atomic mass is 10.0. The van der Waals surface area contributed by atoms with Gasteiger partial charge in [0.15, 0.2) is 0 Å². The Kier molecular flexibility index (Phi) is 7.60. The van der Waals surface area contributed by atoms with E-state index < -0.39 is 6.10 Å². The molecule has 0 amide bonds. The van der Waals surface area contributed by atoms with Gasteiger partial charge in [0.1, 0.15) is 18.5 Å². The summed E-state index contributed by atoms with van der Waals surface area (Å²) in [6.45, 7) is 8.46. The summed E-state index contributed by atoms with van der Waals surface area (Å²) in [7, 11) is 0. The third-order valence-electron chi connectivity index (χ3n) is 3.57. The van der Waals surface area contributed by atoms with Gasteiger partial charge in [-0.2, -0.15) is 0 Å². The Balaban J connectivity index is 0.00000312. The molecule has 2 aromatic rings. The van der Waals surface area contributed by atoms with E-state index in [0.29, 0.717) is 22.8 Å². The topological polar surface area (TPSA) is 81.3 Å². The Hall–Kier alpha value is -1.89. The molecule has 0 aliphatic rings. The number of ether oxygens (including phenoxy) is 1. The number of aromatic nitrogens is 2. The van der Waals surface area contributed by atoms with Gasteiger partial charge in [0, 0.05) is 29.7 Å². The minimum absolute atomic E-state index is 0. The average molecular weight is 368 g/mol. The lowest BCUT2D eigenvalue weighted by Gasteiger charge is -2.23. The van der Waals surface area contributed by atoms with Gasteiger partial charge in [-0.05, 0) is 32.9 Å². The summed E-state index contributed by atoms with van der Waals surface area (Å²) in [5, 5.41) is 28.7. The van der Waals surface area contributed by atoms with Crippen LogP contribution < -0.4 is 14.9 Å². The van der Waals surface area contributed by atoms with Crippen LogP contribution in [-0.2, 0) is 0 Å². The molecule has 0 spiro atoms. The Morgan fingerprint density at radius 2 is 1.92 bits per heavy atom. The number of benzene rings is 1. The molecule has 1 unspecified atom stereocenters. The van der Waals surface area contributed by atoms with Crippen LogP contribution in [0.15, 0.2) is 36.5 Å². The zero-order valence-corrected chi connectivity index (χ0v) is 15.8. The number of para-hydroxylation sites is 1. The average Bonchev–Trinajstić information content (AvgIpc) is 2.53. The molecule has 1 aromatic carbocycles. The van der Waals surface area contributed by atoms with Crippen molar-refractivity contribution in [1.82, 2.24) is 10.4 Å². The SMILES string of the molecule is Cc1c(-c2ccccc2OCC(O)CNC(C)(C)C)ccn[n+]1[O-].Cl. The van der Waals surface area contributed by atoms with E-state index in [4.69, 9.17) is 4.74 Å². The van der Waals surface area contributed by atoms with Gasteiger partial charge in [0.2, 0.25) is 5.69 Å². The van der Waals surface area contributed by atoms with Crippen LogP contribution >= 0.6 is 12.4 Å². The second-order valence-electron chi connectivity index (χ2n) is 6.80. The van der Waals surface area contributed by atoms with Crippen molar-refractivity contribution in [2.75, 3.05) is 13.2 Å². The van der Waals surface area contributed by atoms with Crippen molar-refractivity contribution >= 4 is 12.4 Å². The second-order valence-corrected chi connectivity index (χ2v) is 6.80. The lowest BCUT2D eigenvalue weighted by Crippen LogP contribution is -2.42. The van der Waals surface area contributed by atoms with E-state index in [1.165, 1.54) is 6.20 Å². The number of β-amino-alcohol motifs (C(OH)–C–C–N with tert-alkyl or cyclic N) is 1. The van der Waals surface area contributed by atoms with Crippen molar-refractivity contribution in [3.63, 3.8) is 0 Å². The molecule has 0 fully saturated rings. The van der Waals surface area contributed by atoms with Crippen molar-refractivity contribution in [1.29, 1.82) is 0 Å². The molecule has 0 saturated carbocycles. The molecule has 0 aliphatic carbocycles. The first-order valence-corrected chi connectivity index (χ1v) is 7.98. The number of rotatable bonds is 6. The predicted molar refractivity (Wildman–Crippen MR) is 99.9 cm³/mol. The first kappa shape index (κ1) is 21.2. The summed E-state index contributed by atoms with van der Waals surface area (Å²) in [5.41, 5.74) is 2.01. The van der Waals surface area contributed by atoms with Crippen molar-refractivity contribution in [2.24, 2.45) is 0 Å². The number of hydrogen-bond donors (Lipinski definition) is 2. The van der Waals surface area contributed by atoms with Gasteiger partial charge in [-0.25, -0.2) is 0 Å². The smallest absolute Gasteiger partial charge is 0.226 e. The maximum atomic E-state index is 11.7. The fourth-order valence-corrected chi connectivity index (χ4v) is 2.25. The van der Waals surface area contributed by atoms with E-state index in [1.807, 2.05) is 45.0 Å². The van der Waals surface area contributed by atoms with Crippen LogP contribution in [0.5, 0.6) is 5.75 Å². The van der Waals surface area contributed by atoms with Gasteiger partial charge < -0.3 is 20.4 Å². The van der Waals surface area contributed by atoms with Crippen molar-refractivity contribution in [3.05, 3.63) is 47.4 Å². The minimum Gasteiger partial charge on any atom is -0.594 e. The van der Waals surface area contributed by atoms with Crippen LogP contribution in [0.1, 0.15) is 26.5 Å². The zero-order chi connectivity index (χ0) is 17.7. The minimum atomic E-state index is -0.625. The van der Waals surface area contributed by atoms with E-state index in [9.17, 15) is 10.3 Å². The molecule has 1 heterocycles. The monoisotopic (exact) mass is 367 g/mol. The van der Waals surface area contributed by atoms with Gasteiger partial charge in [0.25, 0.3) is 0 Å². The highest BCUT2D eigenvalue weighted by molar-refractivity contribution is 5.85. The van der Waals surface area contributed by atoms with E-state index in [0.717, 1.165) is 11.1 Å². The van der Waals surface area contributed by atoms with Gasteiger partial charge >= 0.3 is 0 Å². The number of nitrogens with one attached hydrogen (secondary N) is 1. The number of aliphatic hydroxyl groups excluding tert-OH is 1. The van der Waals surface area contributed by atoms with Crippen LogP contribution in [0.2, 0.25) is 0 Å². The Bertz CT molecular complexity index is 690. The van der Waals surface area contributed by atoms with Crippen LogP contribution in [-0.4, -0.2) is 35.0 Å². The maximum absolute atomic E-state index is 11.7. The number of aliphatic hydroxyl groups is 1. The molecule has 0 radical (unpaired) electrons. The number of hydrogen-bond acceptors (Lipinski definition) is 5. The number of nitrogens with zero attached hydrogens (tertiary/aromatic N) is 2. The van der Waals surface area contributed by atoms with Crippen molar-refractivity contribution in [3.8, 4) is 16.9 Å². The van der Waals surface area contributed by atoms with Crippen molar-refractivity contribution < 1.29 is 14.7 Å². The Morgan fingerprint density at radius 3 is 2.60 bits per heavy atom. The molecule has 0 bridgehead atoms. The normalized spacial score (nSPS) is 12.4. The highest BCUT2D eigenvalue weighted by atomic mass is 35.5. The van der Waals surface area contributed by atoms with Crippen LogP contribution in [0, 0.1) is 12.1 Å². The molecule has 2 rings (SSSR count). The van der Waals surface area contributed by atoms with Crippen LogP contribution in [0.3, 0.4) is 0 Å². The van der Waals surface area contributed by atoms with Gasteiger partial charge in [-0.3, -0.25) is 0 Å². The molecule has 1 atom stereocenters. The van der Waals surface area contributed by atoms with Gasteiger partial charge in [-0.15, -0.1) is 12.4 Å². The van der Waals surface area contributed by atoms with Gasteiger partial charge in [-0.1, -0.05) is 23.0 Å². The first-order chi connectivity index (χ1) is 11.3. The van der Waals surface area contributed by atoms with Crippen LogP contribution in [0.4, 0.5) is 0 Å². The van der Waals surface area contributed by atoms with Gasteiger partial charge in [0.05, 0.1) is 11.8 Å². The molecule has 1 aromatic heterocycles. The van der Waals surface area contributed by atoms with Crippen molar-refractivity contribution in [2.45, 2.75) is 39.3 Å². The second kappa shape index (κ2) is 8.99. The van der Waals surface area contributed by atoms with E-state index >= 15 is 0 Å². The number of halogens is 1. The molecular weight excluding hydrogens is 342 g/mol. The van der Waals surface area contributed by atoms with Crippen LogP contribution in [0.25, 0.3) is 11.1 Å². The molecule has 2 N–H and O–H groups in total. The highest BCUT2D eigenvalue weighted by Gasteiger charge is 2.16. The lowest BCUT2D eigenvalue weighted by molar-refractivity contribution is -0.674. The summed E-state index contributed by atoms with van der Waals surface area (Å²) in [4.78, 5) is 0.591. The summed E-state index contributed by atoms with van der Waals surface area (Å²) in [6.07, 6.45) is 0.842. The summed E-state index contributed by atoms with van der Waals surface area (Å²) in [5.74, 6) is 0.626. The molecule has 25 heavy (non-hydrogen) atoms. The predicted octanol–water partition coefficient (Wildman–Crippen LogP) is 2.24. The quantitative estimate of drug-likeness (QED) is 0.604. The third-order valence-corrected chi connectivity index (χ3v) is 3.57. The zero-order valence-electron chi connectivity index (χ0n) is 15.0. The first-order valence-electron chi connectivity index (χ1n) is 7.98. The van der Waals surface area contributed by atoms with E-state index in [2.05, 4.69) is 10.4 Å².